The zero-order valence-corrected chi connectivity index (χ0v) is 32.3. The zero-order chi connectivity index (χ0) is 32.6. The summed E-state index contributed by atoms with van der Waals surface area (Å²) >= 11 is 3.43. The van der Waals surface area contributed by atoms with Gasteiger partial charge in [0, 0.05) is 21.5 Å². The molecule has 0 spiro atoms. The Labute approximate surface area is 273 Å². The number of nitrogens with one attached hydrogen (secondary N) is 1. The highest BCUT2D eigenvalue weighted by Gasteiger charge is 2.17. The number of nitrogen functional groups attached to an aromatic ring is 1. The molecule has 0 saturated carbocycles. The van der Waals surface area contributed by atoms with E-state index in [1.807, 2.05) is 12.1 Å². The van der Waals surface area contributed by atoms with Gasteiger partial charge in [-0.05, 0) is 70.5 Å². The molecule has 4 aromatic rings. The van der Waals surface area contributed by atoms with Crippen LogP contribution in [0.2, 0.25) is 39.3 Å². The van der Waals surface area contributed by atoms with Crippen molar-refractivity contribution in [3.63, 3.8) is 0 Å². The van der Waals surface area contributed by atoms with Crippen LogP contribution in [0.1, 0.15) is 52.7 Å². The maximum atomic E-state index is 5.57. The van der Waals surface area contributed by atoms with Gasteiger partial charge in [-0.2, -0.15) is 0 Å². The Morgan fingerprint density at radius 2 is 0.791 bits per heavy atom. The van der Waals surface area contributed by atoms with E-state index in [2.05, 4.69) is 187 Å². The highest BCUT2D eigenvalue weighted by Crippen LogP contribution is 2.25. The number of benzene rings is 4. The molecule has 0 saturated heterocycles. The van der Waals surface area contributed by atoms with Gasteiger partial charge in [-0.3, -0.25) is 0 Å². The second kappa shape index (κ2) is 14.9. The first-order valence-corrected chi connectivity index (χ1v) is 23.1. The average Bonchev–Trinajstić information content (AvgIpc) is 2.88. The van der Waals surface area contributed by atoms with Crippen LogP contribution in [0.25, 0.3) is 0 Å². The van der Waals surface area contributed by atoms with Crippen molar-refractivity contribution in [2.24, 2.45) is 0 Å². The van der Waals surface area contributed by atoms with Gasteiger partial charge in [-0.15, -0.1) is 0 Å². The zero-order valence-electron chi connectivity index (χ0n) is 28.7. The molecule has 0 fully saturated rings. The van der Waals surface area contributed by atoms with E-state index in [0.29, 0.717) is 0 Å². The van der Waals surface area contributed by atoms with Gasteiger partial charge >= 0.3 is 0 Å². The van der Waals surface area contributed by atoms with Crippen molar-refractivity contribution in [1.29, 1.82) is 0 Å². The fourth-order valence-corrected chi connectivity index (χ4v) is 6.80. The lowest BCUT2D eigenvalue weighted by atomic mass is 9.87. The predicted octanol–water partition coefficient (Wildman–Crippen LogP) is 10.8. The average molecular weight is 676 g/mol. The molecule has 4 rings (SSSR count). The van der Waals surface area contributed by atoms with Crippen molar-refractivity contribution in [3.8, 4) is 0 Å². The van der Waals surface area contributed by atoms with E-state index in [-0.39, 0.29) is 10.8 Å². The van der Waals surface area contributed by atoms with Gasteiger partial charge in [0.25, 0.3) is 0 Å². The predicted molar refractivity (Wildman–Crippen MR) is 205 cm³/mol. The summed E-state index contributed by atoms with van der Waals surface area (Å²) in [5.41, 5.74) is 11.8. The van der Waals surface area contributed by atoms with E-state index < -0.39 is 16.1 Å². The van der Waals surface area contributed by atoms with E-state index in [0.717, 1.165) is 17.1 Å². The molecule has 0 amide bonds. The summed E-state index contributed by atoms with van der Waals surface area (Å²) in [6, 6.07) is 34.4. The minimum Gasteiger partial charge on any atom is -0.399 e. The van der Waals surface area contributed by atoms with E-state index >= 15 is 0 Å². The molecule has 232 valence electrons. The second-order valence-electron chi connectivity index (χ2n) is 15.4. The van der Waals surface area contributed by atoms with Gasteiger partial charge in [0.15, 0.2) is 0 Å². The third kappa shape index (κ3) is 12.9. The summed E-state index contributed by atoms with van der Waals surface area (Å²) in [6.07, 6.45) is 0. The minimum absolute atomic E-state index is 0.206. The summed E-state index contributed by atoms with van der Waals surface area (Å²) in [4.78, 5) is 0. The van der Waals surface area contributed by atoms with Crippen molar-refractivity contribution < 1.29 is 0 Å². The molecule has 4 aromatic carbocycles. The summed E-state index contributed by atoms with van der Waals surface area (Å²) in [7, 11) is -2.28. The Balaban J connectivity index is 0.000000247. The smallest absolute Gasteiger partial charge is 0.0775 e. The molecular weight excluding hydrogens is 621 g/mol. The Kier molecular flexibility index (Phi) is 12.7. The molecule has 0 unspecified atom stereocenters. The van der Waals surface area contributed by atoms with Crippen LogP contribution in [-0.2, 0) is 10.8 Å². The maximum Gasteiger partial charge on any atom is 0.0775 e. The van der Waals surface area contributed by atoms with Crippen molar-refractivity contribution in [2.45, 2.75) is 91.7 Å². The molecular formula is C38H55BrN2Si2. The van der Waals surface area contributed by atoms with Gasteiger partial charge in [0.05, 0.1) is 16.1 Å². The van der Waals surface area contributed by atoms with E-state index in [1.165, 1.54) is 26.0 Å². The molecule has 0 atom stereocenters. The topological polar surface area (TPSA) is 38.0 Å². The van der Waals surface area contributed by atoms with Crippen LogP contribution in [0.15, 0.2) is 102 Å². The van der Waals surface area contributed by atoms with Crippen LogP contribution in [-0.4, -0.2) is 16.1 Å². The second-order valence-corrected chi connectivity index (χ2v) is 26.5. The molecule has 0 aliphatic heterocycles. The summed E-state index contributed by atoms with van der Waals surface area (Å²) in [6.45, 7) is 27.5. The summed E-state index contributed by atoms with van der Waals surface area (Å²) in [5.74, 6) is 0. The number of hydrogen-bond donors (Lipinski definition) is 2. The molecule has 3 N–H and O–H groups in total. The Morgan fingerprint density at radius 1 is 0.488 bits per heavy atom. The van der Waals surface area contributed by atoms with Crippen LogP contribution in [0.4, 0.5) is 17.1 Å². The largest absolute Gasteiger partial charge is 0.399 e. The summed E-state index contributed by atoms with van der Waals surface area (Å²) in [5, 5.41) is 6.49. The number of nitrogens with two attached hydrogens (primary N) is 1. The molecule has 43 heavy (non-hydrogen) atoms. The minimum atomic E-state index is -1.20. The first kappa shape index (κ1) is 36.6. The van der Waals surface area contributed by atoms with Gasteiger partial charge in [0.1, 0.15) is 0 Å². The third-order valence-electron chi connectivity index (χ3n) is 7.28. The lowest BCUT2D eigenvalue weighted by molar-refractivity contribution is 0.590. The van der Waals surface area contributed by atoms with Gasteiger partial charge in [-0.25, -0.2) is 0 Å². The monoisotopic (exact) mass is 674 g/mol. The third-order valence-corrected chi connectivity index (χ3v) is 11.9. The molecule has 0 aliphatic carbocycles. The van der Waals surface area contributed by atoms with Gasteiger partial charge in [-0.1, -0.05) is 156 Å². The van der Waals surface area contributed by atoms with Crippen LogP contribution in [0.5, 0.6) is 0 Å². The van der Waals surface area contributed by atoms with Crippen LogP contribution in [0.3, 0.4) is 0 Å². The fourth-order valence-electron chi connectivity index (χ4n) is 4.21. The quantitative estimate of drug-likeness (QED) is 0.167. The van der Waals surface area contributed by atoms with E-state index in [1.54, 1.807) is 0 Å². The van der Waals surface area contributed by atoms with Gasteiger partial charge in [0.2, 0.25) is 0 Å². The number of anilines is 3. The lowest BCUT2D eigenvalue weighted by Gasteiger charge is -2.19. The first-order valence-electron chi connectivity index (χ1n) is 15.3. The van der Waals surface area contributed by atoms with Gasteiger partial charge < -0.3 is 11.1 Å². The van der Waals surface area contributed by atoms with Crippen LogP contribution >= 0.6 is 15.9 Å². The Bertz CT molecular complexity index is 1270. The Hall–Kier alpha value is -2.61. The Morgan fingerprint density at radius 3 is 1.12 bits per heavy atom. The molecule has 0 bridgehead atoms. The molecule has 0 radical (unpaired) electrons. The highest BCUT2D eigenvalue weighted by atomic mass is 79.9. The standard InChI is InChI=1S/C19H27NSi.C10H15N.C9H13BrSi/c1-19(2,3)15-7-9-16(10-8-15)20-17-11-13-18(14-12-17)21(4,5)6;1-10(2,3)8-4-6-9(11)7-5-8;1-11(2,3)9-6-4-8(10)5-7-9/h7-14,20H,1-6H3;4-7H,11H2,1-3H3;4-7H,1-3H3. The SMILES string of the molecule is CC(C)(C)c1ccc(N)cc1.CC(C)(C)c1ccc(Nc2ccc([Si](C)(C)C)cc2)cc1.C[Si](C)(C)c1ccc(Br)cc1. The van der Waals surface area contributed by atoms with Crippen LogP contribution in [0, 0.1) is 0 Å². The number of halogens is 1. The van der Waals surface area contributed by atoms with Crippen molar-refractivity contribution >= 4 is 59.5 Å². The molecule has 0 aliphatic rings. The van der Waals surface area contributed by atoms with Crippen molar-refractivity contribution in [2.75, 3.05) is 11.1 Å². The normalized spacial score (nSPS) is 11.9. The summed E-state index contributed by atoms with van der Waals surface area (Å²) < 4.78 is 1.17. The molecule has 0 heterocycles. The highest BCUT2D eigenvalue weighted by molar-refractivity contribution is 9.10. The lowest BCUT2D eigenvalue weighted by Crippen LogP contribution is -2.37. The molecule has 2 nitrogen and oxygen atoms in total. The van der Waals surface area contributed by atoms with E-state index in [9.17, 15) is 0 Å². The molecule has 5 heteroatoms. The first-order chi connectivity index (χ1) is 19.7. The van der Waals surface area contributed by atoms with Crippen molar-refractivity contribution in [3.05, 3.63) is 113 Å². The maximum absolute atomic E-state index is 5.57. The fraction of sp³-hybridized carbons (Fsp3) is 0.368. The van der Waals surface area contributed by atoms with Crippen LogP contribution < -0.4 is 21.4 Å². The van der Waals surface area contributed by atoms with Crippen molar-refractivity contribution in [1.82, 2.24) is 0 Å². The number of hydrogen-bond acceptors (Lipinski definition) is 2. The molecule has 0 aromatic heterocycles. The number of rotatable bonds is 4. The van der Waals surface area contributed by atoms with E-state index in [4.69, 9.17) is 5.73 Å².